The van der Waals surface area contributed by atoms with Crippen molar-refractivity contribution in [3.05, 3.63) is 35.9 Å². The number of morpholine rings is 1. The predicted octanol–water partition coefficient (Wildman–Crippen LogP) is 2.58. The molecule has 1 aromatic carbocycles. The summed E-state index contributed by atoms with van der Waals surface area (Å²) in [5, 5.41) is 3.51. The molecule has 6 nitrogen and oxygen atoms in total. The molecule has 0 radical (unpaired) electrons. The van der Waals surface area contributed by atoms with Gasteiger partial charge in [0, 0.05) is 53.0 Å². The van der Waals surface area contributed by atoms with Gasteiger partial charge in [0.25, 0.3) is 0 Å². The SMILES string of the molecule is CCOCCCCNC(=NC)N1CC2OCCN(Cc3ccccc3)C2C1.I. The molecular formula is C21H35IN4O2. The summed E-state index contributed by atoms with van der Waals surface area (Å²) in [4.78, 5) is 9.41. The van der Waals surface area contributed by atoms with Crippen LogP contribution in [0.1, 0.15) is 25.3 Å². The number of aliphatic imine (C=N–C) groups is 1. The number of hydrogen-bond donors (Lipinski definition) is 1. The molecule has 2 heterocycles. The molecular weight excluding hydrogens is 467 g/mol. The van der Waals surface area contributed by atoms with E-state index in [0.29, 0.717) is 6.04 Å². The van der Waals surface area contributed by atoms with Crippen LogP contribution in [0.3, 0.4) is 0 Å². The van der Waals surface area contributed by atoms with Gasteiger partial charge in [-0.2, -0.15) is 0 Å². The third-order valence-corrected chi connectivity index (χ3v) is 5.36. The van der Waals surface area contributed by atoms with Gasteiger partial charge in [-0.25, -0.2) is 0 Å². The van der Waals surface area contributed by atoms with Gasteiger partial charge < -0.3 is 19.7 Å². The molecule has 158 valence electrons. The maximum Gasteiger partial charge on any atom is 0.193 e. The maximum atomic E-state index is 6.08. The summed E-state index contributed by atoms with van der Waals surface area (Å²) in [5.41, 5.74) is 1.37. The van der Waals surface area contributed by atoms with Crippen LogP contribution in [0.15, 0.2) is 35.3 Å². The third-order valence-electron chi connectivity index (χ3n) is 5.36. The van der Waals surface area contributed by atoms with E-state index in [0.717, 1.165) is 71.3 Å². The molecule has 7 heteroatoms. The Morgan fingerprint density at radius 3 is 2.82 bits per heavy atom. The Bertz CT molecular complexity index is 587. The highest BCUT2D eigenvalue weighted by Crippen LogP contribution is 2.24. The average molecular weight is 502 g/mol. The summed E-state index contributed by atoms with van der Waals surface area (Å²) in [6, 6.07) is 11.2. The second kappa shape index (κ2) is 12.6. The largest absolute Gasteiger partial charge is 0.382 e. The van der Waals surface area contributed by atoms with Crippen LogP contribution in [0.2, 0.25) is 0 Å². The molecule has 2 unspecified atom stereocenters. The summed E-state index contributed by atoms with van der Waals surface area (Å²) < 4.78 is 11.5. The van der Waals surface area contributed by atoms with Gasteiger partial charge in [-0.1, -0.05) is 30.3 Å². The number of nitrogens with one attached hydrogen (secondary N) is 1. The van der Waals surface area contributed by atoms with Crippen molar-refractivity contribution < 1.29 is 9.47 Å². The van der Waals surface area contributed by atoms with E-state index in [1.165, 1.54) is 5.56 Å². The summed E-state index contributed by atoms with van der Waals surface area (Å²) in [6.07, 6.45) is 2.44. The number of benzene rings is 1. The fraction of sp³-hybridized carbons (Fsp3) is 0.667. The number of guanidine groups is 1. The van der Waals surface area contributed by atoms with E-state index in [1.807, 2.05) is 14.0 Å². The van der Waals surface area contributed by atoms with Crippen LogP contribution in [0.25, 0.3) is 0 Å². The predicted molar refractivity (Wildman–Crippen MR) is 124 cm³/mol. The normalized spacial score (nSPS) is 22.6. The van der Waals surface area contributed by atoms with Crippen LogP contribution in [-0.2, 0) is 16.0 Å². The van der Waals surface area contributed by atoms with E-state index < -0.39 is 0 Å². The zero-order valence-corrected chi connectivity index (χ0v) is 19.5. The fourth-order valence-electron chi connectivity index (χ4n) is 3.95. The Kier molecular flexibility index (Phi) is 10.5. The van der Waals surface area contributed by atoms with Crippen molar-refractivity contribution in [3.63, 3.8) is 0 Å². The Labute approximate surface area is 186 Å². The van der Waals surface area contributed by atoms with E-state index in [9.17, 15) is 0 Å². The van der Waals surface area contributed by atoms with Crippen molar-refractivity contribution in [3.8, 4) is 0 Å². The standard InChI is InChI=1S/C21H34N4O2.HI/c1-3-26-13-8-7-11-23-21(22-2)25-16-19-20(17-25)27-14-12-24(19)15-18-9-5-4-6-10-18;/h4-6,9-10,19-20H,3,7-8,11-17H2,1-2H3,(H,22,23);1H. The van der Waals surface area contributed by atoms with Crippen LogP contribution in [-0.4, -0.2) is 81.0 Å². The van der Waals surface area contributed by atoms with E-state index in [1.54, 1.807) is 0 Å². The zero-order valence-electron chi connectivity index (χ0n) is 17.2. The molecule has 3 rings (SSSR count). The Morgan fingerprint density at radius 1 is 1.25 bits per heavy atom. The molecule has 1 aromatic rings. The van der Waals surface area contributed by atoms with Crippen molar-refractivity contribution in [1.82, 2.24) is 15.1 Å². The summed E-state index contributed by atoms with van der Waals surface area (Å²) >= 11 is 0. The van der Waals surface area contributed by atoms with Crippen LogP contribution in [0, 0.1) is 0 Å². The minimum Gasteiger partial charge on any atom is -0.382 e. The van der Waals surface area contributed by atoms with E-state index in [-0.39, 0.29) is 30.1 Å². The molecule has 28 heavy (non-hydrogen) atoms. The number of rotatable bonds is 8. The number of halogens is 1. The highest BCUT2D eigenvalue weighted by molar-refractivity contribution is 14.0. The van der Waals surface area contributed by atoms with Gasteiger partial charge in [-0.3, -0.25) is 9.89 Å². The molecule has 1 N–H and O–H groups in total. The Hall–Kier alpha value is -0.900. The number of ether oxygens (including phenoxy) is 2. The lowest BCUT2D eigenvalue weighted by Crippen LogP contribution is -2.50. The molecule has 2 aliphatic rings. The van der Waals surface area contributed by atoms with Gasteiger partial charge in [0.2, 0.25) is 0 Å². The van der Waals surface area contributed by atoms with Gasteiger partial charge in [0.1, 0.15) is 0 Å². The monoisotopic (exact) mass is 502 g/mol. The quantitative estimate of drug-likeness (QED) is 0.257. The lowest BCUT2D eigenvalue weighted by atomic mass is 10.1. The second-order valence-electron chi connectivity index (χ2n) is 7.22. The van der Waals surface area contributed by atoms with E-state index in [2.05, 4.69) is 50.4 Å². The summed E-state index contributed by atoms with van der Waals surface area (Å²) in [6.45, 7) is 9.28. The number of fused-ring (bicyclic) bond motifs is 1. The fourth-order valence-corrected chi connectivity index (χ4v) is 3.95. The molecule has 0 spiro atoms. The lowest BCUT2D eigenvalue weighted by Gasteiger charge is -2.36. The highest BCUT2D eigenvalue weighted by Gasteiger charge is 2.41. The van der Waals surface area contributed by atoms with Crippen LogP contribution < -0.4 is 5.32 Å². The van der Waals surface area contributed by atoms with E-state index >= 15 is 0 Å². The van der Waals surface area contributed by atoms with Crippen LogP contribution >= 0.6 is 24.0 Å². The first-order valence-corrected chi connectivity index (χ1v) is 10.2. The molecule has 0 aromatic heterocycles. The minimum absolute atomic E-state index is 0. The first-order chi connectivity index (χ1) is 13.3. The highest BCUT2D eigenvalue weighted by atomic mass is 127. The van der Waals surface area contributed by atoms with Crippen molar-refractivity contribution in [2.45, 2.75) is 38.5 Å². The number of likely N-dealkylation sites (tertiary alicyclic amines) is 1. The van der Waals surface area contributed by atoms with Gasteiger partial charge in [-0.15, -0.1) is 24.0 Å². The van der Waals surface area contributed by atoms with E-state index in [4.69, 9.17) is 9.47 Å². The van der Waals surface area contributed by atoms with Crippen molar-refractivity contribution in [2.75, 3.05) is 53.0 Å². The lowest BCUT2D eigenvalue weighted by molar-refractivity contribution is -0.0502. The first kappa shape index (κ1) is 23.4. The Morgan fingerprint density at radius 2 is 2.07 bits per heavy atom. The molecule has 2 aliphatic heterocycles. The first-order valence-electron chi connectivity index (χ1n) is 10.2. The molecule has 2 atom stereocenters. The van der Waals surface area contributed by atoms with Crippen molar-refractivity contribution >= 4 is 29.9 Å². The molecule has 0 amide bonds. The third kappa shape index (κ3) is 6.57. The minimum atomic E-state index is 0. The van der Waals surface area contributed by atoms with Gasteiger partial charge >= 0.3 is 0 Å². The Balaban J connectivity index is 0.00000280. The number of nitrogens with zero attached hydrogens (tertiary/aromatic N) is 3. The van der Waals surface area contributed by atoms with Crippen LogP contribution in [0.5, 0.6) is 0 Å². The maximum absolute atomic E-state index is 6.08. The topological polar surface area (TPSA) is 49.3 Å². The number of hydrogen-bond acceptors (Lipinski definition) is 4. The van der Waals surface area contributed by atoms with Gasteiger partial charge in [0.15, 0.2) is 5.96 Å². The molecule has 0 saturated carbocycles. The van der Waals surface area contributed by atoms with Crippen molar-refractivity contribution in [2.24, 2.45) is 4.99 Å². The summed E-state index contributed by atoms with van der Waals surface area (Å²) in [5.74, 6) is 0.990. The average Bonchev–Trinajstić information content (AvgIpc) is 3.13. The second-order valence-corrected chi connectivity index (χ2v) is 7.22. The molecule has 2 saturated heterocycles. The van der Waals surface area contributed by atoms with Crippen LogP contribution in [0.4, 0.5) is 0 Å². The van der Waals surface area contributed by atoms with Gasteiger partial charge in [0.05, 0.1) is 18.8 Å². The van der Waals surface area contributed by atoms with Gasteiger partial charge in [-0.05, 0) is 25.3 Å². The molecule has 2 fully saturated rings. The molecule has 0 aliphatic carbocycles. The molecule has 0 bridgehead atoms. The zero-order chi connectivity index (χ0) is 18.9. The smallest absolute Gasteiger partial charge is 0.193 e. The van der Waals surface area contributed by atoms with Crippen molar-refractivity contribution in [1.29, 1.82) is 0 Å². The number of unbranched alkanes of at least 4 members (excludes halogenated alkanes) is 1. The summed E-state index contributed by atoms with van der Waals surface area (Å²) in [7, 11) is 1.87.